The lowest BCUT2D eigenvalue weighted by Gasteiger charge is -1.92. The summed E-state index contributed by atoms with van der Waals surface area (Å²) in [5, 5.41) is 0. The van der Waals surface area contributed by atoms with E-state index in [4.69, 9.17) is 0 Å². The van der Waals surface area contributed by atoms with Gasteiger partial charge >= 0.3 is 0 Å². The minimum absolute atomic E-state index is 0.297. The summed E-state index contributed by atoms with van der Waals surface area (Å²) in [6, 6.07) is 5.64. The molecule has 68 valence electrons. The Morgan fingerprint density at radius 3 is 1.92 bits per heavy atom. The van der Waals surface area contributed by atoms with E-state index >= 15 is 0 Å². The maximum Gasteiger partial charge on any atom is 0.123 e. The zero-order chi connectivity index (χ0) is 9.56. The number of benzene rings is 1. The van der Waals surface area contributed by atoms with Crippen molar-refractivity contribution >= 4 is 10.8 Å². The van der Waals surface area contributed by atoms with Gasteiger partial charge in [-0.3, -0.25) is 4.21 Å². The molecule has 1 unspecified atom stereocenters. The van der Waals surface area contributed by atoms with Crippen LogP contribution in [0.5, 0.6) is 0 Å². The Kier molecular flexibility index (Phi) is 5.54. The van der Waals surface area contributed by atoms with E-state index in [2.05, 4.69) is 0 Å². The van der Waals surface area contributed by atoms with E-state index in [9.17, 15) is 8.60 Å². The molecule has 0 spiro atoms. The Labute approximate surface area is 75.1 Å². The summed E-state index contributed by atoms with van der Waals surface area (Å²) < 4.78 is 23.0. The van der Waals surface area contributed by atoms with E-state index in [0.29, 0.717) is 4.90 Å². The molecule has 1 aromatic carbocycles. The Hall–Kier alpha value is -0.700. The van der Waals surface area contributed by atoms with Gasteiger partial charge in [-0.2, -0.15) is 0 Å². The van der Waals surface area contributed by atoms with Crippen LogP contribution in [-0.4, -0.2) is 10.5 Å². The van der Waals surface area contributed by atoms with E-state index in [-0.39, 0.29) is 5.82 Å². The van der Waals surface area contributed by atoms with E-state index in [1.165, 1.54) is 24.3 Å². The van der Waals surface area contributed by atoms with Gasteiger partial charge in [0.2, 0.25) is 0 Å². The molecule has 0 N–H and O–H groups in total. The lowest BCUT2D eigenvalue weighted by molar-refractivity contribution is 0.626. The first kappa shape index (κ1) is 11.3. The molecule has 0 saturated heterocycles. The summed E-state index contributed by atoms with van der Waals surface area (Å²) in [7, 11) is -1.00. The molecule has 0 bridgehead atoms. The van der Waals surface area contributed by atoms with Gasteiger partial charge in [-0.05, 0) is 24.3 Å². The van der Waals surface area contributed by atoms with Gasteiger partial charge in [0.05, 0.1) is 0 Å². The summed E-state index contributed by atoms with van der Waals surface area (Å²) in [6.45, 7) is 4.00. The van der Waals surface area contributed by atoms with Crippen LogP contribution in [0.1, 0.15) is 13.8 Å². The minimum Gasteiger partial charge on any atom is -0.255 e. The molecule has 1 rings (SSSR count). The van der Waals surface area contributed by atoms with Gasteiger partial charge in [0.1, 0.15) is 5.82 Å². The van der Waals surface area contributed by atoms with Gasteiger partial charge in [-0.25, -0.2) is 4.39 Å². The largest absolute Gasteiger partial charge is 0.255 e. The van der Waals surface area contributed by atoms with Crippen molar-refractivity contribution in [3.8, 4) is 0 Å². The van der Waals surface area contributed by atoms with Gasteiger partial charge in [0.15, 0.2) is 0 Å². The molecular formula is C9H13FOS. The van der Waals surface area contributed by atoms with Crippen molar-refractivity contribution < 1.29 is 8.60 Å². The molecular weight excluding hydrogens is 175 g/mol. The standard InChI is InChI=1S/C7H7FOS.C2H6/c1-10(9)7-4-2-6(8)3-5-7;1-2/h2-5H,1H3;1-2H3. The van der Waals surface area contributed by atoms with Crippen molar-refractivity contribution in [1.82, 2.24) is 0 Å². The molecule has 0 aliphatic rings. The average molecular weight is 188 g/mol. The Morgan fingerprint density at radius 2 is 1.58 bits per heavy atom. The molecule has 1 nitrogen and oxygen atoms in total. The summed E-state index contributed by atoms with van der Waals surface area (Å²) in [6.07, 6.45) is 1.56. The van der Waals surface area contributed by atoms with Crippen molar-refractivity contribution in [2.75, 3.05) is 6.26 Å². The topological polar surface area (TPSA) is 17.1 Å². The minimum atomic E-state index is -1.00. The maximum absolute atomic E-state index is 12.3. The first-order valence-corrected chi connectivity index (χ1v) is 5.35. The van der Waals surface area contributed by atoms with E-state index < -0.39 is 10.8 Å². The van der Waals surface area contributed by atoms with Crippen LogP contribution < -0.4 is 0 Å². The Balaban J connectivity index is 0.000000561. The highest BCUT2D eigenvalue weighted by molar-refractivity contribution is 7.84. The third-order valence-corrected chi connectivity index (χ3v) is 2.08. The first-order valence-electron chi connectivity index (χ1n) is 3.79. The molecule has 0 aliphatic heterocycles. The highest BCUT2D eigenvalue weighted by atomic mass is 32.2. The van der Waals surface area contributed by atoms with Crippen LogP contribution in [0.25, 0.3) is 0 Å². The van der Waals surface area contributed by atoms with Crippen LogP contribution in [0.3, 0.4) is 0 Å². The van der Waals surface area contributed by atoms with Crippen LogP contribution in [0.4, 0.5) is 4.39 Å². The molecule has 3 heteroatoms. The van der Waals surface area contributed by atoms with Crippen LogP contribution in [0, 0.1) is 5.82 Å². The second-order valence-electron chi connectivity index (χ2n) is 1.91. The van der Waals surface area contributed by atoms with Crippen LogP contribution >= 0.6 is 0 Å². The Morgan fingerprint density at radius 1 is 1.17 bits per heavy atom. The van der Waals surface area contributed by atoms with Crippen LogP contribution in [0.2, 0.25) is 0 Å². The highest BCUT2D eigenvalue weighted by Gasteiger charge is 1.95. The maximum atomic E-state index is 12.3. The molecule has 1 aromatic rings. The van der Waals surface area contributed by atoms with E-state index in [1.807, 2.05) is 13.8 Å². The molecule has 1 atom stereocenters. The normalized spacial score (nSPS) is 11.3. The highest BCUT2D eigenvalue weighted by Crippen LogP contribution is 2.05. The molecule has 0 heterocycles. The molecule has 0 saturated carbocycles. The van der Waals surface area contributed by atoms with E-state index in [0.717, 1.165) is 0 Å². The fourth-order valence-electron chi connectivity index (χ4n) is 0.626. The fourth-order valence-corrected chi connectivity index (χ4v) is 1.15. The van der Waals surface area contributed by atoms with Crippen LogP contribution in [-0.2, 0) is 10.8 Å². The lowest BCUT2D eigenvalue weighted by atomic mass is 10.4. The van der Waals surface area contributed by atoms with Gasteiger partial charge in [-0.1, -0.05) is 13.8 Å². The Bertz CT molecular complexity index is 243. The van der Waals surface area contributed by atoms with Crippen molar-refractivity contribution in [3.05, 3.63) is 30.1 Å². The van der Waals surface area contributed by atoms with Crippen molar-refractivity contribution in [2.45, 2.75) is 18.7 Å². The zero-order valence-electron chi connectivity index (χ0n) is 7.50. The van der Waals surface area contributed by atoms with Crippen LogP contribution in [0.15, 0.2) is 29.2 Å². The summed E-state index contributed by atoms with van der Waals surface area (Å²) in [5.74, 6) is -0.297. The van der Waals surface area contributed by atoms with Gasteiger partial charge in [-0.15, -0.1) is 0 Å². The molecule has 0 fully saturated rings. The van der Waals surface area contributed by atoms with Crippen molar-refractivity contribution in [2.24, 2.45) is 0 Å². The summed E-state index contributed by atoms with van der Waals surface area (Å²) in [4.78, 5) is 0.654. The first-order chi connectivity index (χ1) is 5.70. The monoisotopic (exact) mass is 188 g/mol. The molecule has 0 amide bonds. The van der Waals surface area contributed by atoms with Gasteiger partial charge in [0, 0.05) is 22.0 Å². The number of rotatable bonds is 1. The second kappa shape index (κ2) is 5.89. The number of hydrogen-bond acceptors (Lipinski definition) is 1. The fraction of sp³-hybridized carbons (Fsp3) is 0.333. The number of halogens is 1. The SMILES string of the molecule is CC.CS(=O)c1ccc(F)cc1. The molecule has 0 aliphatic carbocycles. The van der Waals surface area contributed by atoms with Gasteiger partial charge in [0.25, 0.3) is 0 Å². The quantitative estimate of drug-likeness (QED) is 0.662. The smallest absolute Gasteiger partial charge is 0.123 e. The zero-order valence-corrected chi connectivity index (χ0v) is 8.32. The van der Waals surface area contributed by atoms with Crippen molar-refractivity contribution in [1.29, 1.82) is 0 Å². The molecule has 0 aromatic heterocycles. The second-order valence-corrected chi connectivity index (χ2v) is 3.29. The van der Waals surface area contributed by atoms with Gasteiger partial charge < -0.3 is 0 Å². The predicted molar refractivity (Wildman–Crippen MR) is 50.1 cm³/mol. The lowest BCUT2D eigenvalue weighted by Crippen LogP contribution is -1.85. The third kappa shape index (κ3) is 3.62. The van der Waals surface area contributed by atoms with Crippen molar-refractivity contribution in [3.63, 3.8) is 0 Å². The summed E-state index contributed by atoms with van der Waals surface area (Å²) >= 11 is 0. The summed E-state index contributed by atoms with van der Waals surface area (Å²) in [5.41, 5.74) is 0. The number of hydrogen-bond donors (Lipinski definition) is 0. The predicted octanol–water partition coefficient (Wildman–Crippen LogP) is 2.59. The average Bonchev–Trinajstić information content (AvgIpc) is 2.09. The molecule has 12 heavy (non-hydrogen) atoms. The molecule has 0 radical (unpaired) electrons. The third-order valence-electron chi connectivity index (χ3n) is 1.15. The van der Waals surface area contributed by atoms with E-state index in [1.54, 1.807) is 6.26 Å².